The Balaban J connectivity index is 2.32. The van der Waals surface area contributed by atoms with Crippen molar-refractivity contribution in [2.45, 2.75) is 26.2 Å². The zero-order valence-electron chi connectivity index (χ0n) is 10.4. The van der Waals surface area contributed by atoms with Crippen molar-refractivity contribution in [2.24, 2.45) is 0 Å². The molecule has 0 fully saturated rings. The second kappa shape index (κ2) is 5.17. The fraction of sp³-hybridized carbons (Fsp3) is 0.400. The van der Waals surface area contributed by atoms with E-state index in [1.54, 1.807) is 0 Å². The van der Waals surface area contributed by atoms with Gasteiger partial charge in [0.1, 0.15) is 0 Å². The summed E-state index contributed by atoms with van der Waals surface area (Å²) in [6.07, 6.45) is 4.74. The van der Waals surface area contributed by atoms with Crippen molar-refractivity contribution in [1.82, 2.24) is 0 Å². The Labute approximate surface area is 103 Å². The first kappa shape index (κ1) is 11.9. The van der Waals surface area contributed by atoms with E-state index < -0.39 is 0 Å². The van der Waals surface area contributed by atoms with Crippen molar-refractivity contribution in [3.63, 3.8) is 0 Å². The summed E-state index contributed by atoms with van der Waals surface area (Å²) in [5.74, 6) is 0.230. The van der Waals surface area contributed by atoms with E-state index in [1.807, 2.05) is 19.1 Å². The lowest BCUT2D eigenvalue weighted by Gasteiger charge is -2.30. The summed E-state index contributed by atoms with van der Waals surface area (Å²) in [6.45, 7) is 7.67. The molecule has 1 aliphatic rings. The van der Waals surface area contributed by atoms with Gasteiger partial charge >= 0.3 is 0 Å². The summed E-state index contributed by atoms with van der Waals surface area (Å²) >= 11 is 0. The molecule has 1 aromatic carbocycles. The van der Waals surface area contributed by atoms with Crippen LogP contribution in [0.1, 0.15) is 35.7 Å². The maximum Gasteiger partial charge on any atom is 0.162 e. The normalized spacial score (nSPS) is 14.3. The van der Waals surface area contributed by atoms with E-state index in [4.69, 9.17) is 0 Å². The van der Waals surface area contributed by atoms with Crippen LogP contribution in [0.15, 0.2) is 30.9 Å². The van der Waals surface area contributed by atoms with E-state index in [9.17, 15) is 4.79 Å². The van der Waals surface area contributed by atoms with Crippen LogP contribution in [0.25, 0.3) is 0 Å². The molecule has 0 aliphatic carbocycles. The molecule has 0 saturated heterocycles. The molecule has 90 valence electrons. The molecule has 2 rings (SSSR count). The molecule has 0 saturated carbocycles. The molecule has 1 heterocycles. The van der Waals surface area contributed by atoms with Gasteiger partial charge in [-0.3, -0.25) is 4.79 Å². The highest BCUT2D eigenvalue weighted by Crippen LogP contribution is 2.28. The van der Waals surface area contributed by atoms with Crippen LogP contribution in [0.5, 0.6) is 0 Å². The van der Waals surface area contributed by atoms with Gasteiger partial charge in [-0.1, -0.05) is 13.0 Å². The number of carbonyl (C=O) groups excluding carboxylic acids is 1. The van der Waals surface area contributed by atoms with E-state index in [0.29, 0.717) is 6.42 Å². The van der Waals surface area contributed by atoms with Crippen molar-refractivity contribution in [2.75, 3.05) is 18.0 Å². The molecule has 0 atom stereocenters. The van der Waals surface area contributed by atoms with Gasteiger partial charge < -0.3 is 4.90 Å². The lowest BCUT2D eigenvalue weighted by molar-refractivity contribution is 0.0988. The first-order chi connectivity index (χ1) is 8.26. The number of ketones is 1. The summed E-state index contributed by atoms with van der Waals surface area (Å²) in [4.78, 5) is 14.0. The van der Waals surface area contributed by atoms with Crippen molar-refractivity contribution in [1.29, 1.82) is 0 Å². The summed E-state index contributed by atoms with van der Waals surface area (Å²) in [5, 5.41) is 0. The zero-order valence-corrected chi connectivity index (χ0v) is 10.4. The molecular weight excluding hydrogens is 210 g/mol. The highest BCUT2D eigenvalue weighted by Gasteiger charge is 2.17. The second-order valence-corrected chi connectivity index (χ2v) is 4.46. The van der Waals surface area contributed by atoms with Gasteiger partial charge in [0.15, 0.2) is 5.78 Å². The number of fused-ring (bicyclic) bond motifs is 1. The predicted molar refractivity (Wildman–Crippen MR) is 71.8 cm³/mol. The minimum atomic E-state index is 0.230. The standard InChI is InChI=1S/C15H19NO/c1-3-9-16-10-5-6-12-11-13(15(17)4-2)7-8-14(12)16/h3,7-8,11H,1,4-6,9-10H2,2H3. The van der Waals surface area contributed by atoms with Gasteiger partial charge in [0.25, 0.3) is 0 Å². The van der Waals surface area contributed by atoms with E-state index >= 15 is 0 Å². The van der Waals surface area contributed by atoms with Crippen LogP contribution in [0, 0.1) is 0 Å². The van der Waals surface area contributed by atoms with Gasteiger partial charge in [-0.15, -0.1) is 6.58 Å². The van der Waals surface area contributed by atoms with Crippen LogP contribution in [0.2, 0.25) is 0 Å². The number of rotatable bonds is 4. The largest absolute Gasteiger partial charge is 0.368 e. The molecule has 0 aromatic heterocycles. The topological polar surface area (TPSA) is 20.3 Å². The monoisotopic (exact) mass is 229 g/mol. The number of carbonyl (C=O) groups is 1. The molecular formula is C15H19NO. The minimum absolute atomic E-state index is 0.230. The number of hydrogen-bond acceptors (Lipinski definition) is 2. The van der Waals surface area contributed by atoms with Crippen LogP contribution in [0.3, 0.4) is 0 Å². The van der Waals surface area contributed by atoms with Gasteiger partial charge in [-0.25, -0.2) is 0 Å². The van der Waals surface area contributed by atoms with Gasteiger partial charge in [0.05, 0.1) is 0 Å². The predicted octanol–water partition coefficient (Wildman–Crippen LogP) is 3.22. The first-order valence-corrected chi connectivity index (χ1v) is 6.28. The van der Waals surface area contributed by atoms with E-state index in [2.05, 4.69) is 23.6 Å². The molecule has 0 radical (unpaired) electrons. The maximum absolute atomic E-state index is 11.7. The average molecular weight is 229 g/mol. The van der Waals surface area contributed by atoms with Crippen LogP contribution < -0.4 is 4.90 Å². The van der Waals surface area contributed by atoms with Gasteiger partial charge in [0, 0.05) is 30.8 Å². The highest BCUT2D eigenvalue weighted by molar-refractivity contribution is 5.96. The highest BCUT2D eigenvalue weighted by atomic mass is 16.1. The third-order valence-corrected chi connectivity index (χ3v) is 3.29. The Hall–Kier alpha value is -1.57. The molecule has 2 nitrogen and oxygen atoms in total. The number of aryl methyl sites for hydroxylation is 1. The van der Waals surface area contributed by atoms with Crippen molar-refractivity contribution in [3.05, 3.63) is 42.0 Å². The maximum atomic E-state index is 11.7. The third-order valence-electron chi connectivity index (χ3n) is 3.29. The molecule has 1 aliphatic heterocycles. The molecule has 17 heavy (non-hydrogen) atoms. The number of benzene rings is 1. The number of hydrogen-bond donors (Lipinski definition) is 0. The Morgan fingerprint density at radius 2 is 2.35 bits per heavy atom. The van der Waals surface area contributed by atoms with Crippen LogP contribution in [-0.2, 0) is 6.42 Å². The fourth-order valence-electron chi connectivity index (χ4n) is 2.40. The fourth-order valence-corrected chi connectivity index (χ4v) is 2.40. The number of Topliss-reactive ketones (excluding diaryl/α,β-unsaturated/α-hetero) is 1. The van der Waals surface area contributed by atoms with E-state index in [1.165, 1.54) is 11.3 Å². The van der Waals surface area contributed by atoms with E-state index in [-0.39, 0.29) is 5.78 Å². The summed E-state index contributed by atoms with van der Waals surface area (Å²) < 4.78 is 0. The molecule has 0 amide bonds. The quantitative estimate of drug-likeness (QED) is 0.583. The lowest BCUT2D eigenvalue weighted by Crippen LogP contribution is -2.29. The average Bonchev–Trinajstić information content (AvgIpc) is 2.38. The second-order valence-electron chi connectivity index (χ2n) is 4.46. The van der Waals surface area contributed by atoms with Gasteiger partial charge in [0.2, 0.25) is 0 Å². The third kappa shape index (κ3) is 2.41. The smallest absolute Gasteiger partial charge is 0.162 e. The lowest BCUT2D eigenvalue weighted by atomic mass is 9.97. The Kier molecular flexibility index (Phi) is 3.62. The van der Waals surface area contributed by atoms with Crippen LogP contribution in [-0.4, -0.2) is 18.9 Å². The summed E-state index contributed by atoms with van der Waals surface area (Å²) in [6, 6.07) is 6.10. The SMILES string of the molecule is C=CCN1CCCc2cc(C(=O)CC)ccc21. The summed E-state index contributed by atoms with van der Waals surface area (Å²) in [7, 11) is 0. The van der Waals surface area contributed by atoms with Crippen LogP contribution in [0.4, 0.5) is 5.69 Å². The number of nitrogens with zero attached hydrogens (tertiary/aromatic N) is 1. The van der Waals surface area contributed by atoms with Crippen molar-refractivity contribution >= 4 is 11.5 Å². The zero-order chi connectivity index (χ0) is 12.3. The molecule has 0 N–H and O–H groups in total. The van der Waals surface area contributed by atoms with Gasteiger partial charge in [-0.05, 0) is 36.6 Å². The van der Waals surface area contributed by atoms with Crippen LogP contribution >= 0.6 is 0 Å². The van der Waals surface area contributed by atoms with Crippen molar-refractivity contribution < 1.29 is 4.79 Å². The van der Waals surface area contributed by atoms with Gasteiger partial charge in [-0.2, -0.15) is 0 Å². The molecule has 0 unspecified atom stereocenters. The number of anilines is 1. The Morgan fingerprint density at radius 1 is 1.53 bits per heavy atom. The molecule has 1 aromatic rings. The van der Waals surface area contributed by atoms with Crippen molar-refractivity contribution in [3.8, 4) is 0 Å². The van der Waals surface area contributed by atoms with E-state index in [0.717, 1.165) is 31.5 Å². The molecule has 0 bridgehead atoms. The molecule has 0 spiro atoms. The Bertz CT molecular complexity index is 437. The first-order valence-electron chi connectivity index (χ1n) is 6.28. The minimum Gasteiger partial charge on any atom is -0.368 e. The molecule has 2 heteroatoms. The Morgan fingerprint density at radius 3 is 3.06 bits per heavy atom. The summed E-state index contributed by atoms with van der Waals surface area (Å²) in [5.41, 5.74) is 3.42.